The van der Waals surface area contributed by atoms with Gasteiger partial charge in [0.2, 0.25) is 0 Å². The molecule has 0 amide bonds. The summed E-state index contributed by atoms with van der Waals surface area (Å²) < 4.78 is 37.3. The van der Waals surface area contributed by atoms with Gasteiger partial charge in [0.25, 0.3) is 0 Å². The zero-order valence-electron chi connectivity index (χ0n) is 11.0. The lowest BCUT2D eigenvalue weighted by Crippen LogP contribution is -2.20. The molecule has 4 heteroatoms. The lowest BCUT2D eigenvalue weighted by Gasteiger charge is -2.18. The summed E-state index contributed by atoms with van der Waals surface area (Å²) in [7, 11) is 0. The fraction of sp³-hybridized carbons (Fsp3) is 0.600. The van der Waals surface area contributed by atoms with Crippen LogP contribution in [0, 0.1) is 11.8 Å². The van der Waals surface area contributed by atoms with Crippen molar-refractivity contribution < 1.29 is 18.3 Å². The first-order valence-electron chi connectivity index (χ1n) is 6.70. The molecule has 0 bridgehead atoms. The average molecular weight is 272 g/mol. The molecule has 1 aromatic carbocycles. The van der Waals surface area contributed by atoms with E-state index in [1.807, 2.05) is 0 Å². The Morgan fingerprint density at radius 2 is 1.84 bits per heavy atom. The zero-order valence-corrected chi connectivity index (χ0v) is 11.0. The van der Waals surface area contributed by atoms with Crippen LogP contribution >= 0.6 is 0 Å². The van der Waals surface area contributed by atoms with Crippen LogP contribution in [0.4, 0.5) is 13.2 Å². The van der Waals surface area contributed by atoms with Crippen LogP contribution in [0.15, 0.2) is 24.3 Å². The Bertz CT molecular complexity index is 410. The van der Waals surface area contributed by atoms with Gasteiger partial charge in [0.15, 0.2) is 0 Å². The molecule has 1 N–H and O–H groups in total. The summed E-state index contributed by atoms with van der Waals surface area (Å²) in [4.78, 5) is 0. The molecule has 3 unspecified atom stereocenters. The highest BCUT2D eigenvalue weighted by molar-refractivity contribution is 5.25. The van der Waals surface area contributed by atoms with Crippen LogP contribution < -0.4 is 0 Å². The Labute approximate surface area is 111 Å². The minimum Gasteiger partial charge on any atom is -0.392 e. The largest absolute Gasteiger partial charge is 0.416 e. The normalized spacial score (nSPS) is 25.5. The van der Waals surface area contributed by atoms with Gasteiger partial charge in [-0.1, -0.05) is 25.5 Å². The van der Waals surface area contributed by atoms with Crippen molar-refractivity contribution in [2.75, 3.05) is 0 Å². The summed E-state index contributed by atoms with van der Waals surface area (Å²) in [5.41, 5.74) is 0.125. The number of hydrogen-bond acceptors (Lipinski definition) is 1. The Morgan fingerprint density at radius 1 is 1.21 bits per heavy atom. The molecule has 1 nitrogen and oxygen atoms in total. The molecule has 1 aliphatic carbocycles. The Balaban J connectivity index is 1.96. The van der Waals surface area contributed by atoms with Crippen molar-refractivity contribution in [2.24, 2.45) is 11.8 Å². The van der Waals surface area contributed by atoms with Gasteiger partial charge in [-0.15, -0.1) is 0 Å². The molecule has 0 aliphatic heterocycles. The second-order valence-electron chi connectivity index (χ2n) is 5.64. The van der Waals surface area contributed by atoms with Crippen LogP contribution in [0.5, 0.6) is 0 Å². The molecule has 0 aromatic heterocycles. The lowest BCUT2D eigenvalue weighted by atomic mass is 9.94. The Kier molecular flexibility index (Phi) is 4.19. The standard InChI is InChI=1S/C15H19F3O/c1-10-2-5-12(8-10)14(19)9-11-3-6-13(7-4-11)15(16,17)18/h3-4,6-7,10,12,14,19H,2,5,8-9H2,1H3. The first-order valence-corrected chi connectivity index (χ1v) is 6.70. The number of benzene rings is 1. The van der Waals surface area contributed by atoms with Gasteiger partial charge in [-0.2, -0.15) is 13.2 Å². The summed E-state index contributed by atoms with van der Waals surface area (Å²) in [6, 6.07) is 5.09. The number of rotatable bonds is 3. The predicted octanol–water partition coefficient (Wildman–Crippen LogP) is 4.05. The first-order chi connectivity index (χ1) is 8.86. The van der Waals surface area contributed by atoms with Crippen LogP contribution in [0.25, 0.3) is 0 Å². The van der Waals surface area contributed by atoms with Gasteiger partial charge >= 0.3 is 6.18 Å². The van der Waals surface area contributed by atoms with E-state index in [1.165, 1.54) is 12.1 Å². The monoisotopic (exact) mass is 272 g/mol. The summed E-state index contributed by atoms with van der Waals surface area (Å²) in [5.74, 6) is 0.935. The van der Waals surface area contributed by atoms with E-state index in [9.17, 15) is 18.3 Å². The van der Waals surface area contributed by atoms with Crippen molar-refractivity contribution in [2.45, 2.75) is 44.9 Å². The summed E-state index contributed by atoms with van der Waals surface area (Å²) >= 11 is 0. The highest BCUT2D eigenvalue weighted by atomic mass is 19.4. The molecular formula is C15H19F3O. The molecule has 106 valence electrons. The minimum absolute atomic E-state index is 0.289. The highest BCUT2D eigenvalue weighted by Gasteiger charge is 2.30. The third-order valence-corrected chi connectivity index (χ3v) is 4.01. The molecule has 1 aliphatic rings. The molecule has 0 heterocycles. The van der Waals surface area contributed by atoms with Crippen molar-refractivity contribution in [3.8, 4) is 0 Å². The van der Waals surface area contributed by atoms with Crippen molar-refractivity contribution in [3.05, 3.63) is 35.4 Å². The number of aliphatic hydroxyl groups excluding tert-OH is 1. The maximum Gasteiger partial charge on any atom is 0.416 e. The Hall–Kier alpha value is -1.03. The topological polar surface area (TPSA) is 20.2 Å². The van der Waals surface area contributed by atoms with E-state index in [1.54, 1.807) is 0 Å². The van der Waals surface area contributed by atoms with Gasteiger partial charge in [0, 0.05) is 0 Å². The zero-order chi connectivity index (χ0) is 14.0. The molecular weight excluding hydrogens is 253 g/mol. The van der Waals surface area contributed by atoms with E-state index in [-0.39, 0.29) is 5.92 Å². The van der Waals surface area contributed by atoms with Gasteiger partial charge in [0.05, 0.1) is 11.7 Å². The Morgan fingerprint density at radius 3 is 2.32 bits per heavy atom. The van der Waals surface area contributed by atoms with Crippen LogP contribution in [0.3, 0.4) is 0 Å². The number of aliphatic hydroxyl groups is 1. The second kappa shape index (κ2) is 5.53. The fourth-order valence-corrected chi connectivity index (χ4v) is 2.84. The average Bonchev–Trinajstić information content (AvgIpc) is 2.75. The second-order valence-corrected chi connectivity index (χ2v) is 5.64. The first kappa shape index (κ1) is 14.4. The van der Waals surface area contributed by atoms with Crippen molar-refractivity contribution in [1.29, 1.82) is 0 Å². The van der Waals surface area contributed by atoms with Gasteiger partial charge < -0.3 is 5.11 Å². The summed E-state index contributed by atoms with van der Waals surface area (Å²) in [6.45, 7) is 2.17. The van der Waals surface area contributed by atoms with Crippen molar-refractivity contribution in [3.63, 3.8) is 0 Å². The SMILES string of the molecule is CC1CCC(C(O)Cc2ccc(C(F)(F)F)cc2)C1. The van der Waals surface area contributed by atoms with E-state index in [0.29, 0.717) is 12.3 Å². The molecule has 1 saturated carbocycles. The molecule has 3 atom stereocenters. The summed E-state index contributed by atoms with van der Waals surface area (Å²) in [5, 5.41) is 10.1. The van der Waals surface area contributed by atoms with Crippen molar-refractivity contribution >= 4 is 0 Å². The van der Waals surface area contributed by atoms with Gasteiger partial charge in [-0.3, -0.25) is 0 Å². The predicted molar refractivity (Wildman–Crippen MR) is 67.7 cm³/mol. The van der Waals surface area contributed by atoms with Crippen LogP contribution in [0.1, 0.15) is 37.3 Å². The highest BCUT2D eigenvalue weighted by Crippen LogP contribution is 2.34. The van der Waals surface area contributed by atoms with Gasteiger partial charge in [-0.05, 0) is 48.8 Å². The van der Waals surface area contributed by atoms with E-state index >= 15 is 0 Å². The van der Waals surface area contributed by atoms with E-state index in [4.69, 9.17) is 0 Å². The van der Waals surface area contributed by atoms with Crippen molar-refractivity contribution in [1.82, 2.24) is 0 Å². The molecule has 1 aromatic rings. The van der Waals surface area contributed by atoms with E-state index < -0.39 is 17.8 Å². The molecule has 0 radical (unpaired) electrons. The maximum atomic E-state index is 12.4. The third kappa shape index (κ3) is 3.72. The lowest BCUT2D eigenvalue weighted by molar-refractivity contribution is -0.137. The molecule has 0 saturated heterocycles. The van der Waals surface area contributed by atoms with Crippen LogP contribution in [0.2, 0.25) is 0 Å². The van der Waals surface area contributed by atoms with E-state index in [2.05, 4.69) is 6.92 Å². The number of halogens is 3. The number of alkyl halides is 3. The van der Waals surface area contributed by atoms with Gasteiger partial charge in [-0.25, -0.2) is 0 Å². The minimum atomic E-state index is -4.29. The summed E-state index contributed by atoms with van der Waals surface area (Å²) in [6.07, 6.45) is -1.13. The maximum absolute atomic E-state index is 12.4. The van der Waals surface area contributed by atoms with Crippen LogP contribution in [-0.2, 0) is 12.6 Å². The molecule has 0 spiro atoms. The third-order valence-electron chi connectivity index (χ3n) is 4.01. The smallest absolute Gasteiger partial charge is 0.392 e. The van der Waals surface area contributed by atoms with Crippen LogP contribution in [-0.4, -0.2) is 11.2 Å². The molecule has 2 rings (SSSR count). The van der Waals surface area contributed by atoms with E-state index in [0.717, 1.165) is 37.0 Å². The fourth-order valence-electron chi connectivity index (χ4n) is 2.84. The van der Waals surface area contributed by atoms with Gasteiger partial charge in [0.1, 0.15) is 0 Å². The molecule has 19 heavy (non-hydrogen) atoms. The quantitative estimate of drug-likeness (QED) is 0.880. The molecule has 1 fully saturated rings. The number of hydrogen-bond donors (Lipinski definition) is 1.